The van der Waals surface area contributed by atoms with Gasteiger partial charge in [-0.3, -0.25) is 5.32 Å². The Balaban J connectivity index is 2.02. The molecular weight excluding hydrogens is 204 g/mol. The summed E-state index contributed by atoms with van der Waals surface area (Å²) >= 11 is 0. The highest BCUT2D eigenvalue weighted by Crippen LogP contribution is 2.15. The van der Waals surface area contributed by atoms with Gasteiger partial charge in [-0.15, -0.1) is 0 Å². The van der Waals surface area contributed by atoms with Crippen LogP contribution in [0.2, 0.25) is 0 Å². The number of carbonyl (C=O) groups is 1. The van der Waals surface area contributed by atoms with Crippen molar-refractivity contribution in [1.82, 2.24) is 14.7 Å². The zero-order valence-corrected chi connectivity index (χ0v) is 9.81. The number of hydrogen-bond donors (Lipinski definition) is 1. The maximum Gasteiger partial charge on any atom is 0.322 e. The lowest BCUT2D eigenvalue weighted by atomic mass is 10.4. The van der Waals surface area contributed by atoms with Gasteiger partial charge in [-0.1, -0.05) is 0 Å². The van der Waals surface area contributed by atoms with Crippen LogP contribution in [0.4, 0.5) is 10.6 Å². The highest BCUT2D eigenvalue weighted by molar-refractivity contribution is 5.88. The quantitative estimate of drug-likeness (QED) is 0.833. The van der Waals surface area contributed by atoms with Crippen molar-refractivity contribution in [1.29, 1.82) is 0 Å². The first-order valence-corrected chi connectivity index (χ1v) is 5.78. The molecule has 88 valence electrons. The largest absolute Gasteiger partial charge is 0.324 e. The van der Waals surface area contributed by atoms with Gasteiger partial charge in [0.25, 0.3) is 0 Å². The van der Waals surface area contributed by atoms with Gasteiger partial charge in [-0.25, -0.2) is 9.48 Å². The summed E-state index contributed by atoms with van der Waals surface area (Å²) in [5.74, 6) is 0.770. The van der Waals surface area contributed by atoms with Gasteiger partial charge in [0.2, 0.25) is 0 Å². The molecule has 0 spiro atoms. The van der Waals surface area contributed by atoms with E-state index in [1.165, 1.54) is 0 Å². The molecule has 0 saturated carbocycles. The van der Waals surface area contributed by atoms with E-state index in [1.807, 2.05) is 29.5 Å². The Morgan fingerprint density at radius 1 is 1.44 bits per heavy atom. The van der Waals surface area contributed by atoms with Crippen LogP contribution < -0.4 is 5.32 Å². The second kappa shape index (κ2) is 4.55. The normalized spacial score (nSPS) is 15.8. The van der Waals surface area contributed by atoms with Crippen LogP contribution in [0.3, 0.4) is 0 Å². The zero-order valence-electron chi connectivity index (χ0n) is 9.81. The van der Waals surface area contributed by atoms with Gasteiger partial charge in [0.1, 0.15) is 5.82 Å². The van der Waals surface area contributed by atoms with Crippen molar-refractivity contribution >= 4 is 11.8 Å². The van der Waals surface area contributed by atoms with Crippen molar-refractivity contribution in [3.05, 3.63) is 12.3 Å². The number of nitrogens with zero attached hydrogens (tertiary/aromatic N) is 3. The summed E-state index contributed by atoms with van der Waals surface area (Å²) in [5, 5.41) is 7.08. The highest BCUT2D eigenvalue weighted by atomic mass is 16.2. The number of rotatable bonds is 2. The van der Waals surface area contributed by atoms with Crippen LogP contribution in [0.25, 0.3) is 0 Å². The molecule has 1 fully saturated rings. The predicted molar refractivity (Wildman–Crippen MR) is 62.4 cm³/mol. The smallest absolute Gasteiger partial charge is 0.322 e. The van der Waals surface area contributed by atoms with Gasteiger partial charge in [0, 0.05) is 25.2 Å². The van der Waals surface area contributed by atoms with Crippen molar-refractivity contribution in [3.63, 3.8) is 0 Å². The summed E-state index contributed by atoms with van der Waals surface area (Å²) in [6, 6.07) is 2.07. The molecule has 5 nitrogen and oxygen atoms in total. The Bertz CT molecular complexity index is 366. The van der Waals surface area contributed by atoms with E-state index in [2.05, 4.69) is 10.4 Å². The standard InChI is InChI=1S/C11H18N4O/c1-9(2)15-10(5-6-12-15)13-11(16)14-7-3-4-8-14/h5-6,9H,3-4,7-8H2,1-2H3,(H,13,16). The van der Waals surface area contributed by atoms with E-state index in [0.29, 0.717) is 0 Å². The van der Waals surface area contributed by atoms with Crippen molar-refractivity contribution in [3.8, 4) is 0 Å². The topological polar surface area (TPSA) is 50.2 Å². The van der Waals surface area contributed by atoms with Crippen LogP contribution in [-0.4, -0.2) is 33.8 Å². The third-order valence-corrected chi connectivity index (χ3v) is 2.79. The van der Waals surface area contributed by atoms with E-state index in [9.17, 15) is 4.79 Å². The monoisotopic (exact) mass is 222 g/mol. The molecule has 0 unspecified atom stereocenters. The molecule has 1 aliphatic rings. The number of urea groups is 1. The minimum absolute atomic E-state index is 0.0140. The van der Waals surface area contributed by atoms with E-state index >= 15 is 0 Å². The first-order chi connectivity index (χ1) is 7.68. The first-order valence-electron chi connectivity index (χ1n) is 5.78. The Labute approximate surface area is 95.4 Å². The maximum absolute atomic E-state index is 11.9. The van der Waals surface area contributed by atoms with Crippen molar-refractivity contribution < 1.29 is 4.79 Å². The first kappa shape index (κ1) is 11.0. The summed E-state index contributed by atoms with van der Waals surface area (Å²) in [7, 11) is 0. The van der Waals surface area contributed by atoms with Crippen LogP contribution in [0, 0.1) is 0 Å². The molecule has 0 atom stereocenters. The lowest BCUT2D eigenvalue weighted by Gasteiger charge is -2.17. The molecule has 5 heteroatoms. The van der Waals surface area contributed by atoms with E-state index in [4.69, 9.17) is 0 Å². The van der Waals surface area contributed by atoms with Gasteiger partial charge in [-0.2, -0.15) is 5.10 Å². The zero-order chi connectivity index (χ0) is 11.5. The van der Waals surface area contributed by atoms with Gasteiger partial charge >= 0.3 is 6.03 Å². The van der Waals surface area contributed by atoms with Crippen LogP contribution in [-0.2, 0) is 0 Å². The molecule has 2 rings (SSSR count). The molecule has 1 aliphatic heterocycles. The average molecular weight is 222 g/mol. The Hall–Kier alpha value is -1.52. The van der Waals surface area contributed by atoms with E-state index in [1.54, 1.807) is 6.20 Å². The van der Waals surface area contributed by atoms with E-state index in [-0.39, 0.29) is 12.1 Å². The molecular formula is C11H18N4O. The molecule has 1 saturated heterocycles. The third kappa shape index (κ3) is 2.18. The molecule has 0 bridgehead atoms. The number of aromatic nitrogens is 2. The van der Waals surface area contributed by atoms with Crippen molar-refractivity contribution in [2.45, 2.75) is 32.7 Å². The lowest BCUT2D eigenvalue weighted by molar-refractivity contribution is 0.222. The third-order valence-electron chi connectivity index (χ3n) is 2.79. The maximum atomic E-state index is 11.9. The van der Waals surface area contributed by atoms with Gasteiger partial charge in [0.05, 0.1) is 6.20 Å². The summed E-state index contributed by atoms with van der Waals surface area (Å²) in [6.07, 6.45) is 3.92. The molecule has 0 aromatic carbocycles. The summed E-state index contributed by atoms with van der Waals surface area (Å²) in [5.41, 5.74) is 0. The molecule has 2 heterocycles. The van der Waals surface area contributed by atoms with Crippen molar-refractivity contribution in [2.24, 2.45) is 0 Å². The SMILES string of the molecule is CC(C)n1nccc1NC(=O)N1CCCC1. The fourth-order valence-electron chi connectivity index (χ4n) is 1.93. The predicted octanol–water partition coefficient (Wildman–Crippen LogP) is 2.09. The Morgan fingerprint density at radius 2 is 2.12 bits per heavy atom. The van der Waals surface area contributed by atoms with Crippen molar-refractivity contribution in [2.75, 3.05) is 18.4 Å². The van der Waals surface area contributed by atoms with Crippen LogP contribution in [0.1, 0.15) is 32.7 Å². The molecule has 0 radical (unpaired) electrons. The molecule has 2 amide bonds. The lowest BCUT2D eigenvalue weighted by Crippen LogP contribution is -2.33. The number of hydrogen-bond acceptors (Lipinski definition) is 2. The second-order valence-electron chi connectivity index (χ2n) is 4.38. The summed E-state index contributed by atoms with van der Waals surface area (Å²) in [6.45, 7) is 5.81. The Kier molecular flexibility index (Phi) is 3.12. The van der Waals surface area contributed by atoms with Crippen LogP contribution in [0.15, 0.2) is 12.3 Å². The van der Waals surface area contributed by atoms with Gasteiger partial charge in [0.15, 0.2) is 0 Å². The van der Waals surface area contributed by atoms with Crippen LogP contribution >= 0.6 is 0 Å². The number of likely N-dealkylation sites (tertiary alicyclic amines) is 1. The van der Waals surface area contributed by atoms with E-state index < -0.39 is 0 Å². The van der Waals surface area contributed by atoms with Gasteiger partial charge < -0.3 is 4.90 Å². The molecule has 1 aromatic rings. The van der Waals surface area contributed by atoms with Crippen LogP contribution in [0.5, 0.6) is 0 Å². The molecule has 16 heavy (non-hydrogen) atoms. The fourth-order valence-corrected chi connectivity index (χ4v) is 1.93. The number of carbonyl (C=O) groups excluding carboxylic acids is 1. The van der Waals surface area contributed by atoms with E-state index in [0.717, 1.165) is 31.7 Å². The molecule has 0 aliphatic carbocycles. The summed E-state index contributed by atoms with van der Waals surface area (Å²) in [4.78, 5) is 13.7. The average Bonchev–Trinajstić information content (AvgIpc) is 2.86. The minimum atomic E-state index is -0.0140. The number of amides is 2. The molecule has 1 N–H and O–H groups in total. The Morgan fingerprint density at radius 3 is 2.75 bits per heavy atom. The molecule has 1 aromatic heterocycles. The van der Waals surface area contributed by atoms with Gasteiger partial charge in [-0.05, 0) is 26.7 Å². The minimum Gasteiger partial charge on any atom is -0.324 e. The number of anilines is 1. The highest BCUT2D eigenvalue weighted by Gasteiger charge is 2.19. The number of nitrogens with one attached hydrogen (secondary N) is 1. The fraction of sp³-hybridized carbons (Fsp3) is 0.636. The summed E-state index contributed by atoms with van der Waals surface area (Å²) < 4.78 is 1.81. The second-order valence-corrected chi connectivity index (χ2v) is 4.38.